The summed E-state index contributed by atoms with van der Waals surface area (Å²) in [5.74, 6) is 0.935. The Morgan fingerprint density at radius 2 is 1.43 bits per heavy atom. The highest BCUT2D eigenvalue weighted by molar-refractivity contribution is 6.30. The third kappa shape index (κ3) is 5.06. The summed E-state index contributed by atoms with van der Waals surface area (Å²) >= 11 is 12.4. The van der Waals surface area contributed by atoms with Crippen LogP contribution in [0.1, 0.15) is 11.3 Å². The van der Waals surface area contributed by atoms with Crippen LogP contribution in [0.5, 0.6) is 5.75 Å². The van der Waals surface area contributed by atoms with Crippen LogP contribution in [0.25, 0.3) is 16.9 Å². The van der Waals surface area contributed by atoms with E-state index in [1.807, 2.05) is 36.4 Å². The van der Waals surface area contributed by atoms with Gasteiger partial charge < -0.3 is 14.2 Å². The quantitative estimate of drug-likeness (QED) is 0.279. The first kappa shape index (κ1) is 23.8. The van der Waals surface area contributed by atoms with Gasteiger partial charge in [0.1, 0.15) is 5.75 Å². The molecule has 0 atom stereocenters. The number of methoxy groups -OCH3 is 1. The molecule has 0 spiro atoms. The Morgan fingerprint density at radius 1 is 0.800 bits per heavy atom. The SMILES string of the molecule is COc1ccccc1N1CCN(Cc2cc(-c3ccc(Cl)cc3)n(-c3ccc(Cl)cc3)c2C)CC1. The minimum absolute atomic E-state index is 0.736. The van der Waals surface area contributed by atoms with Crippen molar-refractivity contribution in [1.29, 1.82) is 0 Å². The monoisotopic (exact) mass is 505 g/mol. The summed E-state index contributed by atoms with van der Waals surface area (Å²) in [6.07, 6.45) is 0. The molecule has 1 aliphatic heterocycles. The highest BCUT2D eigenvalue weighted by Gasteiger charge is 2.22. The van der Waals surface area contributed by atoms with Crippen molar-refractivity contribution in [3.63, 3.8) is 0 Å². The second-order valence-corrected chi connectivity index (χ2v) is 9.77. The number of ether oxygens (including phenoxy) is 1. The van der Waals surface area contributed by atoms with Crippen LogP contribution < -0.4 is 9.64 Å². The topological polar surface area (TPSA) is 20.6 Å². The van der Waals surface area contributed by atoms with E-state index in [-0.39, 0.29) is 0 Å². The van der Waals surface area contributed by atoms with E-state index in [0.29, 0.717) is 0 Å². The number of nitrogens with zero attached hydrogens (tertiary/aromatic N) is 3. The zero-order valence-electron chi connectivity index (χ0n) is 20.0. The number of hydrogen-bond acceptors (Lipinski definition) is 3. The zero-order valence-corrected chi connectivity index (χ0v) is 21.6. The Bertz CT molecular complexity index is 1290. The van der Waals surface area contributed by atoms with Crippen molar-refractivity contribution < 1.29 is 4.74 Å². The van der Waals surface area contributed by atoms with Gasteiger partial charge in [-0.2, -0.15) is 0 Å². The second kappa shape index (κ2) is 10.4. The molecule has 0 aliphatic carbocycles. The number of benzene rings is 3. The summed E-state index contributed by atoms with van der Waals surface area (Å²) in [7, 11) is 1.74. The molecule has 180 valence electrons. The molecule has 4 nitrogen and oxygen atoms in total. The van der Waals surface area contributed by atoms with E-state index in [1.165, 1.54) is 16.9 Å². The second-order valence-electron chi connectivity index (χ2n) is 8.89. The number of aromatic nitrogens is 1. The largest absolute Gasteiger partial charge is 0.495 e. The molecular weight excluding hydrogens is 477 g/mol. The molecule has 0 saturated carbocycles. The lowest BCUT2D eigenvalue weighted by atomic mass is 10.1. The molecule has 1 fully saturated rings. The Morgan fingerprint density at radius 3 is 2.09 bits per heavy atom. The fourth-order valence-electron chi connectivity index (χ4n) is 4.85. The van der Waals surface area contributed by atoms with Gasteiger partial charge in [-0.15, -0.1) is 0 Å². The van der Waals surface area contributed by atoms with Crippen LogP contribution in [-0.4, -0.2) is 42.8 Å². The van der Waals surface area contributed by atoms with E-state index in [2.05, 4.69) is 63.8 Å². The van der Waals surface area contributed by atoms with Gasteiger partial charge in [0.25, 0.3) is 0 Å². The summed E-state index contributed by atoms with van der Waals surface area (Å²) in [4.78, 5) is 4.95. The maximum Gasteiger partial charge on any atom is 0.142 e. The lowest BCUT2D eigenvalue weighted by molar-refractivity contribution is 0.248. The molecule has 2 heterocycles. The first-order chi connectivity index (χ1) is 17.0. The minimum atomic E-state index is 0.736. The fourth-order valence-corrected chi connectivity index (χ4v) is 5.11. The average molecular weight is 506 g/mol. The van der Waals surface area contributed by atoms with Crippen LogP contribution in [0.15, 0.2) is 78.9 Å². The molecule has 1 aromatic heterocycles. The third-order valence-electron chi connectivity index (χ3n) is 6.77. The fraction of sp³-hybridized carbons (Fsp3) is 0.241. The zero-order chi connectivity index (χ0) is 24.4. The van der Waals surface area contributed by atoms with Gasteiger partial charge in [-0.25, -0.2) is 0 Å². The van der Waals surface area contributed by atoms with Gasteiger partial charge in [-0.1, -0.05) is 47.5 Å². The number of rotatable bonds is 6. The van der Waals surface area contributed by atoms with Gasteiger partial charge in [0, 0.05) is 54.2 Å². The van der Waals surface area contributed by atoms with Crippen molar-refractivity contribution in [2.45, 2.75) is 13.5 Å². The molecule has 0 amide bonds. The van der Waals surface area contributed by atoms with Crippen molar-refractivity contribution in [2.24, 2.45) is 0 Å². The molecule has 5 rings (SSSR count). The molecule has 0 N–H and O–H groups in total. The minimum Gasteiger partial charge on any atom is -0.495 e. The summed E-state index contributed by atoms with van der Waals surface area (Å²) in [5, 5.41) is 1.47. The van der Waals surface area contributed by atoms with E-state index in [1.54, 1.807) is 7.11 Å². The average Bonchev–Trinajstić information content (AvgIpc) is 3.21. The number of para-hydroxylation sites is 2. The lowest BCUT2D eigenvalue weighted by Crippen LogP contribution is -2.46. The van der Waals surface area contributed by atoms with Gasteiger partial charge in [0.05, 0.1) is 18.5 Å². The van der Waals surface area contributed by atoms with Crippen molar-refractivity contribution in [2.75, 3.05) is 38.2 Å². The highest BCUT2D eigenvalue weighted by atomic mass is 35.5. The number of piperazine rings is 1. The summed E-state index contributed by atoms with van der Waals surface area (Å²) in [6.45, 7) is 7.06. The Balaban J connectivity index is 1.40. The molecule has 1 saturated heterocycles. The van der Waals surface area contributed by atoms with Crippen LogP contribution in [0.4, 0.5) is 5.69 Å². The van der Waals surface area contributed by atoms with Crippen LogP contribution in [0.2, 0.25) is 10.0 Å². The summed E-state index contributed by atoms with van der Waals surface area (Å²) < 4.78 is 7.90. The summed E-state index contributed by atoms with van der Waals surface area (Å²) in [6, 6.07) is 26.7. The van der Waals surface area contributed by atoms with Gasteiger partial charge in [-0.3, -0.25) is 4.90 Å². The van der Waals surface area contributed by atoms with Crippen LogP contribution in [0, 0.1) is 6.92 Å². The molecule has 0 unspecified atom stereocenters. The maximum atomic E-state index is 6.18. The predicted molar refractivity (Wildman–Crippen MR) is 146 cm³/mol. The maximum absolute atomic E-state index is 6.18. The van der Waals surface area contributed by atoms with Crippen molar-refractivity contribution in [3.8, 4) is 22.7 Å². The number of halogens is 2. The van der Waals surface area contributed by atoms with Gasteiger partial charge in [0.15, 0.2) is 0 Å². The third-order valence-corrected chi connectivity index (χ3v) is 7.27. The van der Waals surface area contributed by atoms with E-state index in [0.717, 1.165) is 65.5 Å². The molecule has 0 bridgehead atoms. The Kier molecular flexibility index (Phi) is 7.05. The highest BCUT2D eigenvalue weighted by Crippen LogP contribution is 2.32. The first-order valence-corrected chi connectivity index (χ1v) is 12.6. The smallest absolute Gasteiger partial charge is 0.142 e. The molecular formula is C29H29Cl2N3O. The van der Waals surface area contributed by atoms with E-state index >= 15 is 0 Å². The lowest BCUT2D eigenvalue weighted by Gasteiger charge is -2.36. The predicted octanol–water partition coefficient (Wildman–Crippen LogP) is 7.09. The van der Waals surface area contributed by atoms with E-state index in [9.17, 15) is 0 Å². The van der Waals surface area contributed by atoms with Crippen LogP contribution in [-0.2, 0) is 6.54 Å². The summed E-state index contributed by atoms with van der Waals surface area (Å²) in [5.41, 5.74) is 7.14. The molecule has 4 aromatic rings. The molecule has 35 heavy (non-hydrogen) atoms. The normalized spacial score (nSPS) is 14.3. The molecule has 6 heteroatoms. The Labute approximate surface area is 217 Å². The standard InChI is InChI=1S/C29H29Cl2N3O/c1-21-23(20-32-15-17-33(18-16-32)27-5-3-4-6-29(27)35-2)19-28(22-7-9-24(30)10-8-22)34(21)26-13-11-25(31)12-14-26/h3-14,19H,15-18,20H2,1-2H3. The van der Waals surface area contributed by atoms with Crippen molar-refractivity contribution in [1.82, 2.24) is 9.47 Å². The van der Waals surface area contributed by atoms with Gasteiger partial charge >= 0.3 is 0 Å². The van der Waals surface area contributed by atoms with Crippen molar-refractivity contribution in [3.05, 3.63) is 100 Å². The van der Waals surface area contributed by atoms with Gasteiger partial charge in [-0.05, 0) is 72.6 Å². The molecule has 0 radical (unpaired) electrons. The van der Waals surface area contributed by atoms with Crippen LogP contribution in [0.3, 0.4) is 0 Å². The van der Waals surface area contributed by atoms with E-state index < -0.39 is 0 Å². The number of anilines is 1. The Hall–Kier alpha value is -2.92. The van der Waals surface area contributed by atoms with E-state index in [4.69, 9.17) is 27.9 Å². The molecule has 3 aromatic carbocycles. The number of hydrogen-bond donors (Lipinski definition) is 0. The molecule has 1 aliphatic rings. The first-order valence-electron chi connectivity index (χ1n) is 11.9. The van der Waals surface area contributed by atoms with Crippen molar-refractivity contribution >= 4 is 28.9 Å². The van der Waals surface area contributed by atoms with Crippen LogP contribution >= 0.6 is 23.2 Å². The van der Waals surface area contributed by atoms with Gasteiger partial charge in [0.2, 0.25) is 0 Å².